The van der Waals surface area contributed by atoms with Gasteiger partial charge in [0, 0.05) is 18.0 Å². The predicted molar refractivity (Wildman–Crippen MR) is 76.0 cm³/mol. The predicted octanol–water partition coefficient (Wildman–Crippen LogP) is 2.92. The summed E-state index contributed by atoms with van der Waals surface area (Å²) < 4.78 is 11.0. The lowest BCUT2D eigenvalue weighted by molar-refractivity contribution is 0.161. The smallest absolute Gasteiger partial charge is 0.160 e. The van der Waals surface area contributed by atoms with Crippen LogP contribution in [0.25, 0.3) is 0 Å². The average Bonchev–Trinajstić information content (AvgIpc) is 2.47. The van der Waals surface area contributed by atoms with Crippen molar-refractivity contribution in [2.75, 3.05) is 7.11 Å². The van der Waals surface area contributed by atoms with Crippen molar-refractivity contribution in [1.29, 1.82) is 0 Å². The highest BCUT2D eigenvalue weighted by molar-refractivity contribution is 5.44. The molecule has 1 aliphatic rings. The molecule has 0 amide bonds. The first kappa shape index (κ1) is 12.8. The molecule has 0 fully saturated rings. The monoisotopic (exact) mass is 271 g/mol. The number of rotatable bonds is 2. The van der Waals surface area contributed by atoms with Gasteiger partial charge in [-0.25, -0.2) is 0 Å². The van der Waals surface area contributed by atoms with Crippen LogP contribution < -0.4 is 15.2 Å². The van der Waals surface area contributed by atoms with Crippen LogP contribution in [-0.2, 0) is 0 Å². The van der Waals surface area contributed by atoms with Crippen LogP contribution in [0.3, 0.4) is 0 Å². The van der Waals surface area contributed by atoms with Gasteiger partial charge in [0.05, 0.1) is 7.11 Å². The molecule has 0 aliphatic carbocycles. The minimum Gasteiger partial charge on any atom is -0.504 e. The topological polar surface area (TPSA) is 64.7 Å². The Balaban J connectivity index is 1.91. The van der Waals surface area contributed by atoms with Gasteiger partial charge >= 0.3 is 0 Å². The Morgan fingerprint density at radius 2 is 2.05 bits per heavy atom. The van der Waals surface area contributed by atoms with Crippen LogP contribution in [-0.4, -0.2) is 12.2 Å². The maximum atomic E-state index is 9.87. The molecule has 0 bridgehead atoms. The molecule has 1 aliphatic heterocycles. The molecule has 4 nitrogen and oxygen atoms in total. The van der Waals surface area contributed by atoms with E-state index >= 15 is 0 Å². The van der Waals surface area contributed by atoms with E-state index in [-0.39, 0.29) is 17.9 Å². The molecule has 0 saturated heterocycles. The van der Waals surface area contributed by atoms with Gasteiger partial charge in [-0.05, 0) is 23.8 Å². The molecule has 0 radical (unpaired) electrons. The molecular weight excluding hydrogens is 254 g/mol. The van der Waals surface area contributed by atoms with E-state index in [1.807, 2.05) is 30.3 Å². The second-order valence-electron chi connectivity index (χ2n) is 4.92. The van der Waals surface area contributed by atoms with Crippen LogP contribution in [0.4, 0.5) is 0 Å². The highest BCUT2D eigenvalue weighted by Crippen LogP contribution is 2.41. The third kappa shape index (κ3) is 2.18. The van der Waals surface area contributed by atoms with E-state index in [1.54, 1.807) is 12.1 Å². The largest absolute Gasteiger partial charge is 0.504 e. The SMILES string of the molecule is COc1ccc(C2CC(N)c3ccccc3O2)cc1O. The first-order valence-corrected chi connectivity index (χ1v) is 6.57. The lowest BCUT2D eigenvalue weighted by Crippen LogP contribution is -2.24. The quantitative estimate of drug-likeness (QED) is 0.881. The van der Waals surface area contributed by atoms with Crippen LogP contribution in [0, 0.1) is 0 Å². The van der Waals surface area contributed by atoms with E-state index in [2.05, 4.69) is 0 Å². The van der Waals surface area contributed by atoms with Gasteiger partial charge < -0.3 is 20.3 Å². The van der Waals surface area contributed by atoms with Crippen molar-refractivity contribution < 1.29 is 14.6 Å². The first-order chi connectivity index (χ1) is 9.69. The fraction of sp³-hybridized carbons (Fsp3) is 0.250. The van der Waals surface area contributed by atoms with Gasteiger partial charge in [-0.15, -0.1) is 0 Å². The minimum atomic E-state index is -0.156. The fourth-order valence-corrected chi connectivity index (χ4v) is 2.56. The summed E-state index contributed by atoms with van der Waals surface area (Å²) in [6, 6.07) is 13.0. The molecule has 2 atom stereocenters. The molecule has 20 heavy (non-hydrogen) atoms. The number of hydrogen-bond donors (Lipinski definition) is 2. The average molecular weight is 271 g/mol. The maximum Gasteiger partial charge on any atom is 0.160 e. The van der Waals surface area contributed by atoms with Crippen molar-refractivity contribution in [1.82, 2.24) is 0 Å². The Kier molecular flexibility index (Phi) is 3.24. The Bertz CT molecular complexity index is 627. The summed E-state index contributed by atoms with van der Waals surface area (Å²) in [5, 5.41) is 9.87. The van der Waals surface area contributed by atoms with E-state index in [1.165, 1.54) is 7.11 Å². The van der Waals surface area contributed by atoms with Crippen molar-refractivity contribution in [2.45, 2.75) is 18.6 Å². The molecule has 2 aromatic carbocycles. The first-order valence-electron chi connectivity index (χ1n) is 6.57. The molecule has 3 N–H and O–H groups in total. The Hall–Kier alpha value is -2.20. The molecule has 0 saturated carbocycles. The highest BCUT2D eigenvalue weighted by Gasteiger charge is 2.27. The van der Waals surface area contributed by atoms with Crippen molar-refractivity contribution in [3.8, 4) is 17.2 Å². The molecule has 104 valence electrons. The normalized spacial score (nSPS) is 20.9. The van der Waals surface area contributed by atoms with Gasteiger partial charge in [0.1, 0.15) is 11.9 Å². The zero-order valence-electron chi connectivity index (χ0n) is 11.2. The summed E-state index contributed by atoms with van der Waals surface area (Å²) in [6.07, 6.45) is 0.527. The molecular formula is C16H17NO3. The van der Waals surface area contributed by atoms with Gasteiger partial charge in [-0.3, -0.25) is 0 Å². The number of fused-ring (bicyclic) bond motifs is 1. The Morgan fingerprint density at radius 3 is 2.80 bits per heavy atom. The van der Waals surface area contributed by atoms with Gasteiger partial charge in [-0.2, -0.15) is 0 Å². The number of ether oxygens (including phenoxy) is 2. The lowest BCUT2D eigenvalue weighted by Gasteiger charge is -2.30. The van der Waals surface area contributed by atoms with Crippen LogP contribution in [0.15, 0.2) is 42.5 Å². The molecule has 0 spiro atoms. The zero-order chi connectivity index (χ0) is 14.1. The number of aromatic hydroxyl groups is 1. The summed E-state index contributed by atoms with van der Waals surface area (Å²) in [4.78, 5) is 0. The van der Waals surface area contributed by atoms with Gasteiger partial charge in [0.2, 0.25) is 0 Å². The van der Waals surface area contributed by atoms with Gasteiger partial charge in [-0.1, -0.05) is 24.3 Å². The van der Waals surface area contributed by atoms with Gasteiger partial charge in [0.25, 0.3) is 0 Å². The van der Waals surface area contributed by atoms with Crippen LogP contribution in [0.1, 0.15) is 29.7 Å². The summed E-state index contributed by atoms with van der Waals surface area (Å²) in [5.74, 6) is 1.38. The van der Waals surface area contributed by atoms with Crippen molar-refractivity contribution >= 4 is 0 Å². The summed E-state index contributed by atoms with van der Waals surface area (Å²) in [6.45, 7) is 0. The van der Waals surface area contributed by atoms with Crippen LogP contribution >= 0.6 is 0 Å². The maximum absolute atomic E-state index is 9.87. The summed E-state index contributed by atoms with van der Waals surface area (Å²) in [7, 11) is 1.53. The number of phenols is 1. The Morgan fingerprint density at radius 1 is 1.25 bits per heavy atom. The highest BCUT2D eigenvalue weighted by atomic mass is 16.5. The van der Waals surface area contributed by atoms with Crippen molar-refractivity contribution in [3.63, 3.8) is 0 Å². The third-order valence-corrected chi connectivity index (χ3v) is 3.63. The molecule has 2 unspecified atom stereocenters. The second-order valence-corrected chi connectivity index (χ2v) is 4.92. The fourth-order valence-electron chi connectivity index (χ4n) is 2.56. The molecule has 4 heteroatoms. The molecule has 1 heterocycles. The van der Waals surface area contributed by atoms with E-state index < -0.39 is 0 Å². The molecule has 3 rings (SSSR count). The number of methoxy groups -OCH3 is 1. The van der Waals surface area contributed by atoms with Gasteiger partial charge in [0.15, 0.2) is 11.5 Å². The second kappa shape index (κ2) is 5.06. The number of phenolic OH excluding ortho intramolecular Hbond substituents is 1. The lowest BCUT2D eigenvalue weighted by atomic mass is 9.93. The van der Waals surface area contributed by atoms with E-state index in [0.29, 0.717) is 12.2 Å². The standard InChI is InChI=1S/C16H17NO3/c1-19-15-7-6-10(8-13(15)18)16-9-12(17)11-4-2-3-5-14(11)20-16/h2-8,12,16,18H,9,17H2,1H3. The number of nitrogens with two attached hydrogens (primary N) is 1. The van der Waals surface area contributed by atoms with Crippen LogP contribution in [0.5, 0.6) is 17.2 Å². The van der Waals surface area contributed by atoms with E-state index in [4.69, 9.17) is 15.2 Å². The van der Waals surface area contributed by atoms with Crippen molar-refractivity contribution in [2.24, 2.45) is 5.73 Å². The third-order valence-electron chi connectivity index (χ3n) is 3.63. The summed E-state index contributed by atoms with van der Waals surface area (Å²) >= 11 is 0. The zero-order valence-corrected chi connectivity index (χ0v) is 11.2. The van der Waals surface area contributed by atoms with E-state index in [0.717, 1.165) is 16.9 Å². The number of para-hydroxylation sites is 1. The molecule has 2 aromatic rings. The molecule has 0 aromatic heterocycles. The van der Waals surface area contributed by atoms with E-state index in [9.17, 15) is 5.11 Å². The number of benzene rings is 2. The summed E-state index contributed by atoms with van der Waals surface area (Å²) in [5.41, 5.74) is 8.13. The minimum absolute atomic E-state index is 0.0609. The van der Waals surface area contributed by atoms with Crippen molar-refractivity contribution in [3.05, 3.63) is 53.6 Å². The van der Waals surface area contributed by atoms with Crippen LogP contribution in [0.2, 0.25) is 0 Å². The number of hydrogen-bond acceptors (Lipinski definition) is 4. The Labute approximate surface area is 117 Å².